The van der Waals surface area contributed by atoms with Crippen molar-refractivity contribution in [3.05, 3.63) is 75.0 Å². The number of benzene rings is 2. The van der Waals surface area contributed by atoms with Crippen molar-refractivity contribution in [2.24, 2.45) is 4.99 Å². The van der Waals surface area contributed by atoms with Crippen molar-refractivity contribution in [2.45, 2.75) is 18.9 Å². The van der Waals surface area contributed by atoms with Crippen LogP contribution < -0.4 is 10.4 Å². The summed E-state index contributed by atoms with van der Waals surface area (Å²) in [5, 5.41) is 12.0. The van der Waals surface area contributed by atoms with Crippen LogP contribution in [-0.2, 0) is 11.2 Å². The van der Waals surface area contributed by atoms with Crippen LogP contribution in [0.2, 0.25) is 5.02 Å². The Morgan fingerprint density at radius 2 is 2.15 bits per heavy atom. The number of nitrogens with one attached hydrogen (secondary N) is 1. The number of rotatable bonds is 6. The molecule has 10 heteroatoms. The minimum atomic E-state index is -1.35. The molecule has 1 aliphatic rings. The largest absolute Gasteiger partial charge is 0.487 e. The Hall–Kier alpha value is -3.30. The molecule has 0 saturated heterocycles. The smallest absolute Gasteiger partial charge is 0.355 e. The van der Waals surface area contributed by atoms with Gasteiger partial charge >= 0.3 is 11.6 Å². The van der Waals surface area contributed by atoms with Crippen molar-refractivity contribution in [1.82, 2.24) is 4.98 Å². The van der Waals surface area contributed by atoms with E-state index in [4.69, 9.17) is 20.8 Å². The van der Waals surface area contributed by atoms with Crippen LogP contribution in [0.3, 0.4) is 0 Å². The molecule has 2 aromatic heterocycles. The summed E-state index contributed by atoms with van der Waals surface area (Å²) in [7, 11) is 0. The molecular formula is C24H18ClFN2O5S. The fourth-order valence-corrected chi connectivity index (χ4v) is 5.19. The Labute approximate surface area is 201 Å². The van der Waals surface area contributed by atoms with Gasteiger partial charge in [0.05, 0.1) is 0 Å². The number of aliphatic carboxylic acids is 1. The first-order valence-electron chi connectivity index (χ1n) is 10.3. The molecule has 0 spiro atoms. The first kappa shape index (κ1) is 22.5. The van der Waals surface area contributed by atoms with E-state index in [0.717, 1.165) is 5.39 Å². The van der Waals surface area contributed by atoms with E-state index in [1.54, 1.807) is 31.2 Å². The van der Waals surface area contributed by atoms with Crippen molar-refractivity contribution < 1.29 is 23.4 Å². The highest BCUT2D eigenvalue weighted by molar-refractivity contribution is 8.14. The first-order valence-corrected chi connectivity index (χ1v) is 11.7. The average Bonchev–Trinajstić information content (AvgIpc) is 3.40. The van der Waals surface area contributed by atoms with E-state index in [2.05, 4.69) is 9.98 Å². The van der Waals surface area contributed by atoms with Crippen LogP contribution in [0.15, 0.2) is 56.7 Å². The third kappa shape index (κ3) is 4.05. The van der Waals surface area contributed by atoms with Gasteiger partial charge in [-0.25, -0.2) is 14.0 Å². The van der Waals surface area contributed by atoms with E-state index >= 15 is 0 Å². The van der Waals surface area contributed by atoms with Crippen LogP contribution in [0, 0.1) is 12.7 Å². The topological polar surface area (TPSA) is 105 Å². The quantitative estimate of drug-likeness (QED) is 0.362. The third-order valence-electron chi connectivity index (χ3n) is 5.77. The number of hydrogen-bond acceptors (Lipinski definition) is 6. The molecule has 174 valence electrons. The second kappa shape index (κ2) is 8.48. The lowest BCUT2D eigenvalue weighted by Crippen LogP contribution is -2.39. The van der Waals surface area contributed by atoms with Gasteiger partial charge in [-0.15, -0.1) is 11.8 Å². The van der Waals surface area contributed by atoms with Gasteiger partial charge in [0.1, 0.15) is 33.8 Å². The van der Waals surface area contributed by atoms with Crippen LogP contribution in [0.1, 0.15) is 11.3 Å². The molecular weight excluding hydrogens is 483 g/mol. The second-order valence-corrected chi connectivity index (χ2v) is 9.54. The van der Waals surface area contributed by atoms with Gasteiger partial charge in [-0.1, -0.05) is 11.6 Å². The maximum Gasteiger partial charge on any atom is 0.355 e. The van der Waals surface area contributed by atoms with Crippen molar-refractivity contribution in [3.63, 3.8) is 0 Å². The molecule has 2 aromatic carbocycles. The summed E-state index contributed by atoms with van der Waals surface area (Å²) in [5.74, 6) is -0.713. The minimum Gasteiger partial charge on any atom is -0.487 e. The Morgan fingerprint density at radius 1 is 1.32 bits per heavy atom. The summed E-state index contributed by atoms with van der Waals surface area (Å²) in [6.45, 7) is 1.81. The van der Waals surface area contributed by atoms with E-state index in [0.29, 0.717) is 38.5 Å². The van der Waals surface area contributed by atoms with Crippen LogP contribution >= 0.6 is 23.4 Å². The van der Waals surface area contributed by atoms with Crippen LogP contribution in [0.25, 0.3) is 21.9 Å². The second-order valence-electron chi connectivity index (χ2n) is 8.11. The summed E-state index contributed by atoms with van der Waals surface area (Å²) in [6.07, 6.45) is 0.135. The molecule has 2 N–H and O–H groups in total. The van der Waals surface area contributed by atoms with Gasteiger partial charge in [-0.2, -0.15) is 0 Å². The summed E-state index contributed by atoms with van der Waals surface area (Å²) in [5.41, 5.74) is 0.265. The Morgan fingerprint density at radius 3 is 2.94 bits per heavy atom. The number of aryl methyl sites for hydroxylation is 1. The Kier molecular flexibility index (Phi) is 5.61. The van der Waals surface area contributed by atoms with E-state index in [-0.39, 0.29) is 29.6 Å². The number of carbonyl (C=O) groups is 1. The van der Waals surface area contributed by atoms with E-state index in [1.165, 1.54) is 23.9 Å². The Bertz CT molecular complexity index is 1550. The minimum absolute atomic E-state index is 0.0444. The molecule has 1 atom stereocenters. The lowest BCUT2D eigenvalue weighted by molar-refractivity contribution is -0.142. The van der Waals surface area contributed by atoms with Gasteiger partial charge in [-0.3, -0.25) is 4.99 Å². The molecule has 0 radical (unpaired) electrons. The lowest BCUT2D eigenvalue weighted by Gasteiger charge is -2.19. The molecule has 0 saturated carbocycles. The number of fused-ring (bicyclic) bond motifs is 2. The van der Waals surface area contributed by atoms with Gasteiger partial charge in [0.25, 0.3) is 0 Å². The van der Waals surface area contributed by atoms with E-state index in [9.17, 15) is 19.1 Å². The predicted octanol–water partition coefficient (Wildman–Crippen LogP) is 4.97. The predicted molar refractivity (Wildman–Crippen MR) is 130 cm³/mol. The monoisotopic (exact) mass is 500 g/mol. The van der Waals surface area contributed by atoms with Crippen molar-refractivity contribution in [2.75, 3.05) is 12.4 Å². The molecule has 0 aliphatic carbocycles. The number of aliphatic imine (C=N–C) groups is 1. The van der Waals surface area contributed by atoms with Gasteiger partial charge < -0.3 is 19.2 Å². The SMILES string of the molecule is Cc1c(Cl)c(=O)oc2cc(OCC3=NC(Cc4cc5ccc(F)cc5[nH]4)(C(=O)O)CS3)ccc12. The highest BCUT2D eigenvalue weighted by Gasteiger charge is 2.43. The summed E-state index contributed by atoms with van der Waals surface area (Å²) >= 11 is 7.28. The molecule has 5 rings (SSSR count). The number of carboxylic acid groups (broad SMARTS) is 1. The number of aromatic nitrogens is 1. The number of aromatic amines is 1. The molecule has 4 aromatic rings. The molecule has 1 aliphatic heterocycles. The molecule has 1 unspecified atom stereocenters. The number of thioether (sulfide) groups is 1. The van der Waals surface area contributed by atoms with Crippen LogP contribution in [0.5, 0.6) is 5.75 Å². The average molecular weight is 501 g/mol. The third-order valence-corrected chi connectivity index (χ3v) is 7.37. The van der Waals surface area contributed by atoms with Crippen LogP contribution in [-0.4, -0.2) is 39.0 Å². The molecule has 7 nitrogen and oxygen atoms in total. The number of hydrogen-bond donors (Lipinski definition) is 2. The zero-order valence-electron chi connectivity index (χ0n) is 17.9. The maximum absolute atomic E-state index is 13.5. The molecule has 3 heterocycles. The maximum atomic E-state index is 13.5. The number of nitrogens with zero attached hydrogens (tertiary/aromatic N) is 1. The first-order chi connectivity index (χ1) is 16.2. The van der Waals surface area contributed by atoms with Crippen molar-refractivity contribution in [3.8, 4) is 5.75 Å². The lowest BCUT2D eigenvalue weighted by atomic mass is 9.96. The van der Waals surface area contributed by atoms with Gasteiger partial charge in [0, 0.05) is 34.8 Å². The fourth-order valence-electron chi connectivity index (χ4n) is 3.97. The molecule has 0 fully saturated rings. The summed E-state index contributed by atoms with van der Waals surface area (Å²) in [6, 6.07) is 11.3. The van der Waals surface area contributed by atoms with Crippen LogP contribution in [0.4, 0.5) is 4.39 Å². The van der Waals surface area contributed by atoms with Crippen molar-refractivity contribution in [1.29, 1.82) is 0 Å². The standard InChI is InChI=1S/C24H18ClFN2O5S/c1-12-17-5-4-16(8-19(17)33-22(29)21(12)25)32-10-20-28-24(11-34-20,23(30)31)9-15-6-13-2-3-14(26)7-18(13)27-15/h2-8,27H,9-11H2,1H3,(H,30,31). The summed E-state index contributed by atoms with van der Waals surface area (Å²) in [4.78, 5) is 31.6. The highest BCUT2D eigenvalue weighted by Crippen LogP contribution is 2.33. The normalized spacial score (nSPS) is 17.9. The fraction of sp³-hybridized carbons (Fsp3) is 0.208. The zero-order chi connectivity index (χ0) is 24.0. The van der Waals surface area contributed by atoms with Gasteiger partial charge in [0.2, 0.25) is 0 Å². The van der Waals surface area contributed by atoms with Crippen molar-refractivity contribution >= 4 is 56.2 Å². The van der Waals surface area contributed by atoms with E-state index < -0.39 is 17.1 Å². The number of H-pyrrole nitrogens is 1. The van der Waals surface area contributed by atoms with Gasteiger partial charge in [-0.05, 0) is 54.3 Å². The van der Waals surface area contributed by atoms with Gasteiger partial charge in [0.15, 0.2) is 5.54 Å². The number of halogens is 2. The number of carboxylic acids is 1. The number of ether oxygens (including phenoxy) is 1. The highest BCUT2D eigenvalue weighted by atomic mass is 35.5. The Balaban J connectivity index is 1.35. The van der Waals surface area contributed by atoms with E-state index in [1.807, 2.05) is 6.07 Å². The summed E-state index contributed by atoms with van der Waals surface area (Å²) < 4.78 is 24.5. The zero-order valence-corrected chi connectivity index (χ0v) is 19.4. The molecule has 0 amide bonds. The molecule has 0 bridgehead atoms. The molecule has 34 heavy (non-hydrogen) atoms.